The van der Waals surface area contributed by atoms with E-state index >= 15 is 0 Å². The monoisotopic (exact) mass is 340 g/mol. The Balaban J connectivity index is 2.00. The maximum absolute atomic E-state index is 12.1. The van der Waals surface area contributed by atoms with Gasteiger partial charge in [0.05, 0.1) is 0 Å². The number of hydrazine groups is 1. The normalized spacial score (nSPS) is 11.7. The van der Waals surface area contributed by atoms with Gasteiger partial charge in [0.2, 0.25) is 0 Å². The number of aryl methyl sites for hydroxylation is 1. The molecule has 0 unspecified atom stereocenters. The van der Waals surface area contributed by atoms with Crippen molar-refractivity contribution in [2.75, 3.05) is 0 Å². The average Bonchev–Trinajstić information content (AvgIpc) is 2.97. The van der Waals surface area contributed by atoms with Gasteiger partial charge < -0.3 is 5.43 Å². The van der Waals surface area contributed by atoms with Crippen molar-refractivity contribution in [2.24, 2.45) is 0 Å². The summed E-state index contributed by atoms with van der Waals surface area (Å²) in [6.45, 7) is 8.24. The quantitative estimate of drug-likeness (QED) is 0.659. The second kappa shape index (κ2) is 7.28. The molecule has 2 N–H and O–H groups in total. The highest BCUT2D eigenvalue weighted by Gasteiger charge is 2.14. The van der Waals surface area contributed by atoms with E-state index in [1.54, 1.807) is 12.1 Å². The molecule has 0 aliphatic heterocycles. The molecule has 1 aromatic carbocycles. The third-order valence-electron chi connectivity index (χ3n) is 3.39. The zero-order valence-corrected chi connectivity index (χ0v) is 15.0. The smallest absolute Gasteiger partial charge is 0.269 e. The molecule has 0 fully saturated rings. The zero-order chi connectivity index (χ0) is 17.7. The first-order valence-electron chi connectivity index (χ1n) is 7.50. The van der Waals surface area contributed by atoms with Crippen molar-refractivity contribution in [2.45, 2.75) is 33.1 Å². The van der Waals surface area contributed by atoms with Crippen molar-refractivity contribution in [3.05, 3.63) is 57.7 Å². The minimum atomic E-state index is -0.265. The summed E-state index contributed by atoms with van der Waals surface area (Å²) in [4.78, 5) is 16.4. The van der Waals surface area contributed by atoms with Crippen molar-refractivity contribution < 1.29 is 4.79 Å². The third-order valence-corrected chi connectivity index (χ3v) is 4.38. The SMILES string of the molecule is Cc1csc(/C(C#N)=C/NNC(=O)c2ccc(C(C)(C)C)cc2)n1. The number of carbonyl (C=O) groups excluding carboxylic acids is 1. The van der Waals surface area contributed by atoms with E-state index in [2.05, 4.69) is 42.7 Å². The summed E-state index contributed by atoms with van der Waals surface area (Å²) < 4.78 is 0. The lowest BCUT2D eigenvalue weighted by atomic mass is 9.87. The van der Waals surface area contributed by atoms with Crippen molar-refractivity contribution in [3.63, 3.8) is 0 Å². The average molecular weight is 340 g/mol. The van der Waals surface area contributed by atoms with Crippen LogP contribution in [0.3, 0.4) is 0 Å². The first kappa shape index (κ1) is 17.7. The van der Waals surface area contributed by atoms with E-state index in [4.69, 9.17) is 0 Å². The van der Waals surface area contributed by atoms with Crippen molar-refractivity contribution in [1.29, 1.82) is 5.26 Å². The van der Waals surface area contributed by atoms with Crippen LogP contribution in [-0.4, -0.2) is 10.9 Å². The number of allylic oxidation sites excluding steroid dienone is 1. The summed E-state index contributed by atoms with van der Waals surface area (Å²) in [6, 6.07) is 9.54. The third kappa shape index (κ3) is 4.43. The van der Waals surface area contributed by atoms with Gasteiger partial charge in [0.1, 0.15) is 16.6 Å². The molecule has 24 heavy (non-hydrogen) atoms. The number of amides is 1. The summed E-state index contributed by atoms with van der Waals surface area (Å²) in [7, 11) is 0. The zero-order valence-electron chi connectivity index (χ0n) is 14.2. The number of rotatable bonds is 4. The van der Waals surface area contributed by atoms with Crippen LogP contribution in [0.2, 0.25) is 0 Å². The summed E-state index contributed by atoms with van der Waals surface area (Å²) in [5.41, 5.74) is 8.22. The molecule has 0 atom stereocenters. The van der Waals surface area contributed by atoms with Gasteiger partial charge in [-0.1, -0.05) is 32.9 Å². The second-order valence-electron chi connectivity index (χ2n) is 6.39. The topological polar surface area (TPSA) is 77.8 Å². The second-order valence-corrected chi connectivity index (χ2v) is 7.25. The van der Waals surface area contributed by atoms with E-state index in [-0.39, 0.29) is 11.3 Å². The summed E-state index contributed by atoms with van der Waals surface area (Å²) >= 11 is 1.39. The van der Waals surface area contributed by atoms with E-state index in [1.807, 2.05) is 24.4 Å². The molecule has 6 heteroatoms. The lowest BCUT2D eigenvalue weighted by Gasteiger charge is -2.19. The minimum Gasteiger partial charge on any atom is -0.304 e. The summed E-state index contributed by atoms with van der Waals surface area (Å²) in [5, 5.41) is 11.7. The summed E-state index contributed by atoms with van der Waals surface area (Å²) in [5.74, 6) is -0.265. The highest BCUT2D eigenvalue weighted by Crippen LogP contribution is 2.22. The van der Waals surface area contributed by atoms with Crippen LogP contribution in [0.15, 0.2) is 35.8 Å². The highest BCUT2D eigenvalue weighted by molar-refractivity contribution is 7.10. The maximum atomic E-state index is 12.1. The number of nitriles is 1. The Bertz CT molecular complexity index is 792. The van der Waals surface area contributed by atoms with Crippen LogP contribution < -0.4 is 10.9 Å². The number of carbonyl (C=O) groups is 1. The van der Waals surface area contributed by atoms with Gasteiger partial charge in [-0.3, -0.25) is 10.2 Å². The number of nitrogens with one attached hydrogen (secondary N) is 2. The Hall–Kier alpha value is -2.65. The molecule has 1 aromatic heterocycles. The molecule has 5 nitrogen and oxygen atoms in total. The van der Waals surface area contributed by atoms with E-state index in [9.17, 15) is 10.1 Å². The summed E-state index contributed by atoms with van der Waals surface area (Å²) in [6.07, 6.45) is 1.44. The molecule has 1 heterocycles. The maximum Gasteiger partial charge on any atom is 0.269 e. The largest absolute Gasteiger partial charge is 0.304 e. The van der Waals surface area contributed by atoms with Gasteiger partial charge in [-0.2, -0.15) is 5.26 Å². The first-order chi connectivity index (χ1) is 11.3. The molecular weight excluding hydrogens is 320 g/mol. The van der Waals surface area contributed by atoms with Gasteiger partial charge in [-0.15, -0.1) is 11.3 Å². The van der Waals surface area contributed by atoms with Gasteiger partial charge in [0.15, 0.2) is 0 Å². The van der Waals surface area contributed by atoms with Crippen molar-refractivity contribution >= 4 is 22.8 Å². The molecule has 0 saturated carbocycles. The number of hydrogen-bond acceptors (Lipinski definition) is 5. The Kier molecular flexibility index (Phi) is 5.37. The fraction of sp³-hybridized carbons (Fsp3) is 0.278. The highest BCUT2D eigenvalue weighted by atomic mass is 32.1. The van der Waals surface area contributed by atoms with Crippen LogP contribution in [0.4, 0.5) is 0 Å². The van der Waals surface area contributed by atoms with E-state index in [1.165, 1.54) is 17.5 Å². The Morgan fingerprint density at radius 1 is 1.29 bits per heavy atom. The lowest BCUT2D eigenvalue weighted by Crippen LogP contribution is -2.33. The van der Waals surface area contributed by atoms with Crippen LogP contribution in [0.25, 0.3) is 5.57 Å². The lowest BCUT2D eigenvalue weighted by molar-refractivity contribution is 0.0941. The number of benzene rings is 1. The Labute approximate surface area is 146 Å². The standard InChI is InChI=1S/C18H20N4OS/c1-12-11-24-17(21-12)14(9-19)10-20-22-16(23)13-5-7-15(8-6-13)18(2,3)4/h5-8,10-11,20H,1-4H3,(H,22,23)/b14-10+. The molecule has 0 aliphatic carbocycles. The predicted molar refractivity (Wildman–Crippen MR) is 96.2 cm³/mol. The van der Waals surface area contributed by atoms with Crippen molar-refractivity contribution in [3.8, 4) is 6.07 Å². The van der Waals surface area contributed by atoms with E-state index in [0.717, 1.165) is 11.3 Å². The Morgan fingerprint density at radius 2 is 1.96 bits per heavy atom. The number of hydrogen-bond donors (Lipinski definition) is 2. The van der Waals surface area contributed by atoms with Crippen LogP contribution in [0.5, 0.6) is 0 Å². The molecule has 0 radical (unpaired) electrons. The van der Waals surface area contributed by atoms with Crippen molar-refractivity contribution in [1.82, 2.24) is 15.8 Å². The molecule has 124 valence electrons. The minimum absolute atomic E-state index is 0.0452. The van der Waals surface area contributed by atoms with Crippen LogP contribution in [0.1, 0.15) is 47.4 Å². The van der Waals surface area contributed by atoms with Crippen LogP contribution in [-0.2, 0) is 5.41 Å². The van der Waals surface area contributed by atoms with Gasteiger partial charge in [0.25, 0.3) is 5.91 Å². The van der Waals surface area contributed by atoms with Gasteiger partial charge in [0, 0.05) is 22.8 Å². The number of aromatic nitrogens is 1. The van der Waals surface area contributed by atoms with Crippen LogP contribution >= 0.6 is 11.3 Å². The van der Waals surface area contributed by atoms with Crippen LogP contribution in [0, 0.1) is 18.3 Å². The first-order valence-corrected chi connectivity index (χ1v) is 8.38. The molecule has 2 aromatic rings. The molecule has 0 aliphatic rings. The molecule has 2 rings (SSSR count). The Morgan fingerprint density at radius 3 is 2.46 bits per heavy atom. The molecule has 0 saturated heterocycles. The van der Waals surface area contributed by atoms with Gasteiger partial charge >= 0.3 is 0 Å². The molecule has 0 spiro atoms. The van der Waals surface area contributed by atoms with Gasteiger partial charge in [-0.25, -0.2) is 4.98 Å². The fourth-order valence-electron chi connectivity index (χ4n) is 1.99. The van der Waals surface area contributed by atoms with E-state index < -0.39 is 0 Å². The molecular formula is C18H20N4OS. The fourth-order valence-corrected chi connectivity index (χ4v) is 2.75. The number of nitrogens with zero attached hydrogens (tertiary/aromatic N) is 2. The number of thiazole rings is 1. The predicted octanol–water partition coefficient (Wildman–Crippen LogP) is 3.55. The molecule has 0 bridgehead atoms. The van der Waals surface area contributed by atoms with Gasteiger partial charge in [-0.05, 0) is 30.0 Å². The molecule has 1 amide bonds. The van der Waals surface area contributed by atoms with E-state index in [0.29, 0.717) is 16.1 Å².